The van der Waals surface area contributed by atoms with Crippen LogP contribution in [0.1, 0.15) is 38.8 Å². The molecule has 0 aliphatic carbocycles. The summed E-state index contributed by atoms with van der Waals surface area (Å²) in [6.45, 7) is 7.33. The number of benzene rings is 2. The first kappa shape index (κ1) is 23.2. The minimum absolute atomic E-state index is 0.103. The lowest BCUT2D eigenvalue weighted by atomic mass is 10.1. The summed E-state index contributed by atoms with van der Waals surface area (Å²) in [5.41, 5.74) is 0.337. The molecule has 1 N–H and O–H groups in total. The van der Waals surface area contributed by atoms with Crippen LogP contribution in [0.4, 0.5) is 4.39 Å². The predicted octanol–water partition coefficient (Wildman–Crippen LogP) is 5.01. The molecule has 7 heteroatoms. The van der Waals surface area contributed by atoms with Gasteiger partial charge >= 0.3 is 0 Å². The summed E-state index contributed by atoms with van der Waals surface area (Å²) in [4.78, 5) is 27.2. The molecule has 0 heterocycles. The van der Waals surface area contributed by atoms with Crippen molar-refractivity contribution in [3.8, 4) is 0 Å². The molecule has 0 saturated heterocycles. The van der Waals surface area contributed by atoms with Crippen molar-refractivity contribution >= 4 is 35.0 Å². The van der Waals surface area contributed by atoms with Crippen LogP contribution in [-0.2, 0) is 22.6 Å². The summed E-state index contributed by atoms with van der Waals surface area (Å²) in [7, 11) is 0. The number of carbonyl (C=O) groups excluding carboxylic acids is 2. The minimum atomic E-state index is -0.788. The fourth-order valence-electron chi connectivity index (χ4n) is 2.82. The van der Waals surface area contributed by atoms with Gasteiger partial charge in [-0.05, 0) is 51.5 Å². The van der Waals surface area contributed by atoms with Gasteiger partial charge in [0.2, 0.25) is 11.8 Å². The maximum atomic E-state index is 14.2. The van der Waals surface area contributed by atoms with E-state index >= 15 is 0 Å². The van der Waals surface area contributed by atoms with E-state index in [1.54, 1.807) is 31.2 Å². The topological polar surface area (TPSA) is 49.4 Å². The Morgan fingerprint density at radius 1 is 1.07 bits per heavy atom. The Bertz CT molecular complexity index is 876. The number of halogens is 3. The van der Waals surface area contributed by atoms with Gasteiger partial charge in [-0.1, -0.05) is 47.5 Å². The van der Waals surface area contributed by atoms with Gasteiger partial charge in [0.05, 0.1) is 6.42 Å². The van der Waals surface area contributed by atoms with Gasteiger partial charge in [-0.2, -0.15) is 0 Å². The number of rotatable bonds is 6. The van der Waals surface area contributed by atoms with Crippen molar-refractivity contribution in [1.82, 2.24) is 10.2 Å². The summed E-state index contributed by atoms with van der Waals surface area (Å²) in [6.07, 6.45) is -0.261. The van der Waals surface area contributed by atoms with Crippen LogP contribution in [0.25, 0.3) is 0 Å². The molecular formula is C22H25Cl2FN2O2. The largest absolute Gasteiger partial charge is 0.350 e. The van der Waals surface area contributed by atoms with Crippen LogP contribution in [0.2, 0.25) is 10.0 Å². The monoisotopic (exact) mass is 438 g/mol. The minimum Gasteiger partial charge on any atom is -0.350 e. The number of hydrogen-bond acceptors (Lipinski definition) is 2. The predicted molar refractivity (Wildman–Crippen MR) is 114 cm³/mol. The van der Waals surface area contributed by atoms with Crippen molar-refractivity contribution in [3.63, 3.8) is 0 Å². The van der Waals surface area contributed by atoms with Gasteiger partial charge in [0.25, 0.3) is 0 Å². The Labute approximate surface area is 181 Å². The van der Waals surface area contributed by atoms with Gasteiger partial charge in [-0.25, -0.2) is 4.39 Å². The highest BCUT2D eigenvalue weighted by atomic mass is 35.5. The highest BCUT2D eigenvalue weighted by Crippen LogP contribution is 2.23. The third-order valence-corrected chi connectivity index (χ3v) is 5.08. The molecule has 2 aromatic rings. The molecule has 2 rings (SSSR count). The third-order valence-electron chi connectivity index (χ3n) is 4.35. The molecule has 0 saturated carbocycles. The van der Waals surface area contributed by atoms with Gasteiger partial charge in [-0.3, -0.25) is 9.59 Å². The molecule has 0 aliphatic heterocycles. The van der Waals surface area contributed by atoms with Gasteiger partial charge < -0.3 is 10.2 Å². The molecule has 2 aromatic carbocycles. The molecule has 2 amide bonds. The van der Waals surface area contributed by atoms with Gasteiger partial charge in [0.1, 0.15) is 11.9 Å². The molecule has 0 unspecified atom stereocenters. The second kappa shape index (κ2) is 9.59. The first-order valence-electron chi connectivity index (χ1n) is 9.27. The zero-order chi connectivity index (χ0) is 21.8. The normalized spacial score (nSPS) is 12.4. The number of amides is 2. The Morgan fingerprint density at radius 3 is 2.28 bits per heavy atom. The molecule has 0 bridgehead atoms. The van der Waals surface area contributed by atoms with E-state index in [0.717, 1.165) is 0 Å². The van der Waals surface area contributed by atoms with Crippen molar-refractivity contribution < 1.29 is 14.0 Å². The Hall–Kier alpha value is -2.11. The second-order valence-electron chi connectivity index (χ2n) is 7.91. The van der Waals surface area contributed by atoms with E-state index in [-0.39, 0.29) is 29.5 Å². The van der Waals surface area contributed by atoms with E-state index in [1.807, 2.05) is 20.8 Å². The molecule has 156 valence electrons. The highest BCUT2D eigenvalue weighted by Gasteiger charge is 2.29. The van der Waals surface area contributed by atoms with Gasteiger partial charge in [-0.15, -0.1) is 0 Å². The number of carbonyl (C=O) groups is 2. The van der Waals surface area contributed by atoms with Crippen LogP contribution in [0.3, 0.4) is 0 Å². The fraction of sp³-hybridized carbons (Fsp3) is 0.364. The summed E-state index contributed by atoms with van der Waals surface area (Å²) in [5.74, 6) is -1.29. The average molecular weight is 439 g/mol. The van der Waals surface area contributed by atoms with Crippen molar-refractivity contribution in [2.45, 2.75) is 52.2 Å². The fourth-order valence-corrected chi connectivity index (χ4v) is 3.25. The Kier molecular flexibility index (Phi) is 7.66. The Morgan fingerprint density at radius 2 is 1.69 bits per heavy atom. The summed E-state index contributed by atoms with van der Waals surface area (Å²) in [5, 5.41) is 3.53. The maximum absolute atomic E-state index is 14.2. The second-order valence-corrected chi connectivity index (χ2v) is 8.72. The van der Waals surface area contributed by atoms with E-state index in [4.69, 9.17) is 23.2 Å². The van der Waals surface area contributed by atoms with E-state index in [1.165, 1.54) is 23.1 Å². The van der Waals surface area contributed by atoms with E-state index in [2.05, 4.69) is 5.32 Å². The van der Waals surface area contributed by atoms with Crippen LogP contribution in [0.5, 0.6) is 0 Å². The molecule has 0 aromatic heterocycles. The van der Waals surface area contributed by atoms with Crippen LogP contribution in [0, 0.1) is 5.82 Å². The van der Waals surface area contributed by atoms with Crippen molar-refractivity contribution in [2.24, 2.45) is 0 Å². The SMILES string of the molecule is C[C@@H](C(=O)NC(C)(C)C)N(Cc1ccccc1Cl)C(=O)Cc1c(F)cccc1Cl. The van der Waals surface area contributed by atoms with Crippen LogP contribution < -0.4 is 5.32 Å². The number of nitrogens with one attached hydrogen (secondary N) is 1. The van der Waals surface area contributed by atoms with E-state index in [9.17, 15) is 14.0 Å². The quantitative estimate of drug-likeness (QED) is 0.688. The Balaban J connectivity index is 2.34. The zero-order valence-corrected chi connectivity index (χ0v) is 18.4. The number of hydrogen-bond donors (Lipinski definition) is 1. The summed E-state index contributed by atoms with van der Waals surface area (Å²) >= 11 is 12.3. The van der Waals surface area contributed by atoms with Crippen LogP contribution in [-0.4, -0.2) is 28.3 Å². The van der Waals surface area contributed by atoms with Crippen LogP contribution >= 0.6 is 23.2 Å². The average Bonchev–Trinajstić information content (AvgIpc) is 2.62. The third kappa shape index (κ3) is 6.44. The van der Waals surface area contributed by atoms with Crippen molar-refractivity contribution in [2.75, 3.05) is 0 Å². The van der Waals surface area contributed by atoms with E-state index < -0.39 is 23.3 Å². The van der Waals surface area contributed by atoms with Crippen molar-refractivity contribution in [1.29, 1.82) is 0 Å². The standard InChI is InChI=1S/C22H25Cl2FN2O2/c1-14(21(29)26-22(2,3)4)27(13-15-8-5-6-9-17(15)23)20(28)12-16-18(24)10-7-11-19(16)25/h5-11,14H,12-13H2,1-4H3,(H,26,29)/t14-/m0/s1. The lowest BCUT2D eigenvalue weighted by Crippen LogP contribution is -2.52. The molecule has 0 radical (unpaired) electrons. The molecule has 1 atom stereocenters. The lowest BCUT2D eigenvalue weighted by molar-refractivity contribution is -0.140. The molecule has 0 fully saturated rings. The molecule has 0 aliphatic rings. The molecule has 0 spiro atoms. The first-order valence-corrected chi connectivity index (χ1v) is 10.0. The zero-order valence-electron chi connectivity index (χ0n) is 16.9. The summed E-state index contributed by atoms with van der Waals surface area (Å²) < 4.78 is 14.2. The van der Waals surface area contributed by atoms with Gasteiger partial charge in [0, 0.05) is 27.7 Å². The maximum Gasteiger partial charge on any atom is 0.242 e. The molecule has 4 nitrogen and oxygen atoms in total. The van der Waals surface area contributed by atoms with Crippen LogP contribution in [0.15, 0.2) is 42.5 Å². The molecular weight excluding hydrogens is 414 g/mol. The van der Waals surface area contributed by atoms with Crippen molar-refractivity contribution in [3.05, 3.63) is 69.5 Å². The van der Waals surface area contributed by atoms with E-state index in [0.29, 0.717) is 10.6 Å². The summed E-state index contributed by atoms with van der Waals surface area (Å²) in [6, 6.07) is 10.6. The lowest BCUT2D eigenvalue weighted by Gasteiger charge is -2.32. The molecule has 29 heavy (non-hydrogen) atoms. The smallest absolute Gasteiger partial charge is 0.242 e. The number of nitrogens with zero attached hydrogens (tertiary/aromatic N) is 1. The first-order chi connectivity index (χ1) is 13.5. The van der Waals surface area contributed by atoms with Gasteiger partial charge in [0.15, 0.2) is 0 Å². The highest BCUT2D eigenvalue weighted by molar-refractivity contribution is 6.31.